The molecule has 0 amide bonds. The van der Waals surface area contributed by atoms with E-state index in [0.29, 0.717) is 12.5 Å². The van der Waals surface area contributed by atoms with Gasteiger partial charge in [0, 0.05) is 31.5 Å². The molecule has 2 N–H and O–H groups in total. The van der Waals surface area contributed by atoms with Crippen molar-refractivity contribution in [3.05, 3.63) is 36.7 Å². The van der Waals surface area contributed by atoms with E-state index in [4.69, 9.17) is 5.11 Å². The molecule has 0 atom stereocenters. The lowest BCUT2D eigenvalue weighted by Crippen LogP contribution is -2.27. The van der Waals surface area contributed by atoms with E-state index < -0.39 is 0 Å². The van der Waals surface area contributed by atoms with E-state index >= 15 is 0 Å². The maximum Gasteiger partial charge on any atom is 0.0606 e. The highest BCUT2D eigenvalue weighted by Gasteiger charge is 2.05. The Bertz CT molecular complexity index is 379. The first kappa shape index (κ1) is 15.7. The first-order chi connectivity index (χ1) is 9.17. The van der Waals surface area contributed by atoms with E-state index in [0.717, 1.165) is 31.0 Å². The molecule has 1 aromatic heterocycles. The summed E-state index contributed by atoms with van der Waals surface area (Å²) in [6, 6.07) is 4.03. The Morgan fingerprint density at radius 3 is 2.95 bits per heavy atom. The van der Waals surface area contributed by atoms with Crippen molar-refractivity contribution in [1.82, 2.24) is 10.3 Å². The lowest BCUT2D eigenvalue weighted by atomic mass is 10.2. The van der Waals surface area contributed by atoms with Gasteiger partial charge in [-0.15, -0.1) is 6.58 Å². The van der Waals surface area contributed by atoms with Crippen molar-refractivity contribution < 1.29 is 5.11 Å². The van der Waals surface area contributed by atoms with Crippen LogP contribution in [0.4, 0.5) is 5.69 Å². The Morgan fingerprint density at radius 1 is 1.53 bits per heavy atom. The molecule has 4 nitrogen and oxygen atoms in total. The third-order valence-electron chi connectivity index (χ3n) is 2.74. The summed E-state index contributed by atoms with van der Waals surface area (Å²) in [6.07, 6.45) is 3.65. The highest BCUT2D eigenvalue weighted by molar-refractivity contribution is 5.47. The van der Waals surface area contributed by atoms with Gasteiger partial charge < -0.3 is 15.3 Å². The summed E-state index contributed by atoms with van der Waals surface area (Å²) in [6.45, 7) is 11.3. The molecule has 0 saturated heterocycles. The third-order valence-corrected chi connectivity index (χ3v) is 2.74. The second-order valence-corrected chi connectivity index (χ2v) is 4.99. The fraction of sp³-hybridized carbons (Fsp3) is 0.533. The molecule has 106 valence electrons. The van der Waals surface area contributed by atoms with Crippen LogP contribution in [-0.2, 0) is 6.54 Å². The van der Waals surface area contributed by atoms with Crippen LogP contribution in [0.3, 0.4) is 0 Å². The number of aliphatic hydroxyl groups is 1. The fourth-order valence-electron chi connectivity index (χ4n) is 1.85. The summed E-state index contributed by atoms with van der Waals surface area (Å²) in [7, 11) is 0. The standard InChI is InChI=1S/C15H25N3O/c1-4-7-18(8-9-19)15-5-6-17-14(10-15)12-16-11-13(2)3/h4-6,10,13,16,19H,1,7-9,11-12H2,2-3H3. The van der Waals surface area contributed by atoms with Crippen LogP contribution in [0.25, 0.3) is 0 Å². The van der Waals surface area contributed by atoms with E-state index in [2.05, 4.69) is 41.7 Å². The normalized spacial score (nSPS) is 10.7. The number of nitrogens with one attached hydrogen (secondary N) is 1. The third kappa shape index (κ3) is 5.85. The molecule has 0 fully saturated rings. The Labute approximate surface area is 116 Å². The van der Waals surface area contributed by atoms with Crippen molar-refractivity contribution in [2.75, 3.05) is 31.1 Å². The van der Waals surface area contributed by atoms with Gasteiger partial charge in [-0.25, -0.2) is 0 Å². The number of hydrogen-bond donors (Lipinski definition) is 2. The average molecular weight is 263 g/mol. The Kier molecular flexibility index (Phi) is 7.15. The van der Waals surface area contributed by atoms with Crippen LogP contribution >= 0.6 is 0 Å². The minimum absolute atomic E-state index is 0.136. The van der Waals surface area contributed by atoms with Gasteiger partial charge >= 0.3 is 0 Å². The molecule has 0 aliphatic rings. The van der Waals surface area contributed by atoms with Crippen molar-refractivity contribution in [2.45, 2.75) is 20.4 Å². The number of nitrogens with zero attached hydrogens (tertiary/aromatic N) is 2. The van der Waals surface area contributed by atoms with E-state index in [-0.39, 0.29) is 6.61 Å². The molecular weight excluding hydrogens is 238 g/mol. The summed E-state index contributed by atoms with van der Waals surface area (Å²) in [5.41, 5.74) is 2.09. The average Bonchev–Trinajstić information content (AvgIpc) is 2.38. The van der Waals surface area contributed by atoms with Crippen molar-refractivity contribution in [3.63, 3.8) is 0 Å². The van der Waals surface area contributed by atoms with Gasteiger partial charge in [0.1, 0.15) is 0 Å². The molecule has 0 unspecified atom stereocenters. The molecule has 1 heterocycles. The highest BCUT2D eigenvalue weighted by atomic mass is 16.3. The van der Waals surface area contributed by atoms with Crippen LogP contribution in [0.1, 0.15) is 19.5 Å². The quantitative estimate of drug-likeness (QED) is 0.667. The first-order valence-electron chi connectivity index (χ1n) is 6.79. The van der Waals surface area contributed by atoms with Crippen LogP contribution in [0.5, 0.6) is 0 Å². The predicted octanol–water partition coefficient (Wildman–Crippen LogP) is 1.81. The summed E-state index contributed by atoms with van der Waals surface area (Å²) in [4.78, 5) is 6.45. The van der Waals surface area contributed by atoms with Gasteiger partial charge in [-0.1, -0.05) is 19.9 Å². The van der Waals surface area contributed by atoms with Gasteiger partial charge in [-0.05, 0) is 24.6 Å². The maximum atomic E-state index is 9.09. The highest BCUT2D eigenvalue weighted by Crippen LogP contribution is 2.14. The lowest BCUT2D eigenvalue weighted by Gasteiger charge is -2.22. The van der Waals surface area contributed by atoms with Crippen molar-refractivity contribution in [2.24, 2.45) is 5.92 Å². The van der Waals surface area contributed by atoms with Gasteiger partial charge in [-0.2, -0.15) is 0 Å². The van der Waals surface area contributed by atoms with Crippen molar-refractivity contribution >= 4 is 5.69 Å². The van der Waals surface area contributed by atoms with E-state index in [1.54, 1.807) is 0 Å². The Morgan fingerprint density at radius 2 is 2.32 bits per heavy atom. The molecule has 1 aromatic rings. The van der Waals surface area contributed by atoms with Crippen molar-refractivity contribution in [3.8, 4) is 0 Å². The molecule has 0 spiro atoms. The molecule has 0 aliphatic heterocycles. The van der Waals surface area contributed by atoms with Gasteiger partial charge in [0.2, 0.25) is 0 Å². The van der Waals surface area contributed by atoms with Gasteiger partial charge in [0.05, 0.1) is 12.3 Å². The molecule has 0 aliphatic carbocycles. The fourth-order valence-corrected chi connectivity index (χ4v) is 1.85. The zero-order valence-corrected chi connectivity index (χ0v) is 12.0. The van der Waals surface area contributed by atoms with Crippen LogP contribution in [0.15, 0.2) is 31.0 Å². The van der Waals surface area contributed by atoms with E-state index in [1.165, 1.54) is 0 Å². The van der Waals surface area contributed by atoms with Crippen LogP contribution in [0.2, 0.25) is 0 Å². The minimum Gasteiger partial charge on any atom is -0.395 e. The van der Waals surface area contributed by atoms with Crippen LogP contribution in [0, 0.1) is 5.92 Å². The second kappa shape index (κ2) is 8.67. The molecule has 0 radical (unpaired) electrons. The molecule has 19 heavy (non-hydrogen) atoms. The Balaban J connectivity index is 2.65. The number of hydrogen-bond acceptors (Lipinski definition) is 4. The minimum atomic E-state index is 0.136. The predicted molar refractivity (Wildman–Crippen MR) is 80.3 cm³/mol. The maximum absolute atomic E-state index is 9.09. The lowest BCUT2D eigenvalue weighted by molar-refractivity contribution is 0.303. The molecule has 0 aromatic carbocycles. The van der Waals surface area contributed by atoms with Crippen molar-refractivity contribution in [1.29, 1.82) is 0 Å². The van der Waals surface area contributed by atoms with Gasteiger partial charge in [0.15, 0.2) is 0 Å². The number of aliphatic hydroxyl groups excluding tert-OH is 1. The summed E-state index contributed by atoms with van der Waals surface area (Å²) in [5, 5.41) is 12.5. The van der Waals surface area contributed by atoms with Gasteiger partial charge in [-0.3, -0.25) is 4.98 Å². The monoisotopic (exact) mass is 263 g/mol. The SMILES string of the molecule is C=CCN(CCO)c1ccnc(CNCC(C)C)c1. The van der Waals surface area contributed by atoms with Crippen LogP contribution in [-0.4, -0.2) is 36.3 Å². The smallest absolute Gasteiger partial charge is 0.0606 e. The first-order valence-corrected chi connectivity index (χ1v) is 6.79. The molecular formula is C15H25N3O. The number of rotatable bonds is 9. The molecule has 4 heteroatoms. The summed E-state index contributed by atoms with van der Waals surface area (Å²) < 4.78 is 0. The molecule has 0 bridgehead atoms. The number of aromatic nitrogens is 1. The zero-order valence-electron chi connectivity index (χ0n) is 12.0. The zero-order chi connectivity index (χ0) is 14.1. The molecule has 1 rings (SSSR count). The second-order valence-electron chi connectivity index (χ2n) is 4.99. The Hall–Kier alpha value is -1.39. The summed E-state index contributed by atoms with van der Waals surface area (Å²) >= 11 is 0. The number of pyridine rings is 1. The number of anilines is 1. The van der Waals surface area contributed by atoms with E-state index in [1.807, 2.05) is 18.3 Å². The van der Waals surface area contributed by atoms with Gasteiger partial charge in [0.25, 0.3) is 0 Å². The van der Waals surface area contributed by atoms with Crippen LogP contribution < -0.4 is 10.2 Å². The summed E-state index contributed by atoms with van der Waals surface area (Å²) in [5.74, 6) is 0.634. The largest absolute Gasteiger partial charge is 0.395 e. The topological polar surface area (TPSA) is 48.4 Å². The van der Waals surface area contributed by atoms with E-state index in [9.17, 15) is 0 Å². The molecule has 0 saturated carbocycles.